The van der Waals surface area contributed by atoms with Gasteiger partial charge >= 0.3 is 0 Å². The van der Waals surface area contributed by atoms with Crippen LogP contribution < -0.4 is 20.7 Å². The molecule has 0 bridgehead atoms. The van der Waals surface area contributed by atoms with E-state index >= 15 is 0 Å². The van der Waals surface area contributed by atoms with E-state index in [4.69, 9.17) is 10.5 Å². The van der Waals surface area contributed by atoms with Gasteiger partial charge in [0.2, 0.25) is 5.91 Å². The zero-order valence-corrected chi connectivity index (χ0v) is 12.2. The molecular formula is C15H23N3O2. The van der Waals surface area contributed by atoms with Gasteiger partial charge in [-0.3, -0.25) is 4.79 Å². The van der Waals surface area contributed by atoms with E-state index in [9.17, 15) is 4.79 Å². The molecule has 1 atom stereocenters. The Bertz CT molecular complexity index is 476. The highest BCUT2D eigenvalue weighted by molar-refractivity contribution is 5.82. The lowest BCUT2D eigenvalue weighted by atomic mass is 10.2. The third-order valence-corrected chi connectivity index (χ3v) is 3.32. The second-order valence-electron chi connectivity index (χ2n) is 5.24. The Labute approximate surface area is 120 Å². The molecule has 0 fully saturated rings. The molecule has 1 amide bonds. The molecule has 1 aromatic carbocycles. The summed E-state index contributed by atoms with van der Waals surface area (Å²) in [7, 11) is 0. The lowest BCUT2D eigenvalue weighted by Crippen LogP contribution is -2.44. The summed E-state index contributed by atoms with van der Waals surface area (Å²) in [5.74, 6) is 0.834. The average molecular weight is 277 g/mol. The number of carbonyl (C=O) groups is 1. The Morgan fingerprint density at radius 1 is 1.55 bits per heavy atom. The van der Waals surface area contributed by atoms with Crippen molar-refractivity contribution in [3.63, 3.8) is 0 Å². The average Bonchev–Trinajstić information content (AvgIpc) is 2.40. The number of nitrogen functional groups attached to an aromatic ring is 1. The maximum absolute atomic E-state index is 12.0. The summed E-state index contributed by atoms with van der Waals surface area (Å²) in [6.45, 7) is 5.88. The Hall–Kier alpha value is -1.91. The lowest BCUT2D eigenvalue weighted by Gasteiger charge is -2.34. The molecule has 20 heavy (non-hydrogen) atoms. The molecule has 1 aliphatic rings. The van der Waals surface area contributed by atoms with Crippen molar-refractivity contribution >= 4 is 17.3 Å². The summed E-state index contributed by atoms with van der Waals surface area (Å²) in [6.07, 6.45) is 2.15. The zero-order chi connectivity index (χ0) is 14.5. The molecule has 0 aromatic heterocycles. The first-order valence-corrected chi connectivity index (χ1v) is 7.18. The van der Waals surface area contributed by atoms with Crippen LogP contribution in [0.5, 0.6) is 5.75 Å². The van der Waals surface area contributed by atoms with E-state index in [-0.39, 0.29) is 12.0 Å². The van der Waals surface area contributed by atoms with Crippen LogP contribution in [0, 0.1) is 0 Å². The number of nitrogens with zero attached hydrogens (tertiary/aromatic N) is 1. The Balaban J connectivity index is 2.05. The monoisotopic (exact) mass is 277 g/mol. The summed E-state index contributed by atoms with van der Waals surface area (Å²) in [4.78, 5) is 14.0. The first kappa shape index (κ1) is 14.5. The maximum atomic E-state index is 12.0. The number of nitrogens with two attached hydrogens (primary N) is 1. The van der Waals surface area contributed by atoms with Crippen molar-refractivity contribution in [2.75, 3.05) is 30.3 Å². The van der Waals surface area contributed by atoms with Crippen LogP contribution in [0.2, 0.25) is 0 Å². The van der Waals surface area contributed by atoms with Crippen molar-refractivity contribution in [1.82, 2.24) is 5.32 Å². The van der Waals surface area contributed by atoms with E-state index in [1.54, 1.807) is 0 Å². The van der Waals surface area contributed by atoms with E-state index in [1.165, 1.54) is 0 Å². The Morgan fingerprint density at radius 3 is 3.10 bits per heavy atom. The van der Waals surface area contributed by atoms with E-state index < -0.39 is 0 Å². The van der Waals surface area contributed by atoms with Crippen molar-refractivity contribution in [2.24, 2.45) is 0 Å². The highest BCUT2D eigenvalue weighted by Crippen LogP contribution is 2.34. The summed E-state index contributed by atoms with van der Waals surface area (Å²) >= 11 is 0. The van der Waals surface area contributed by atoms with Crippen LogP contribution in [0.3, 0.4) is 0 Å². The number of unbranched alkanes of at least 4 members (excludes halogenated alkanes) is 1. The molecule has 0 saturated heterocycles. The van der Waals surface area contributed by atoms with Gasteiger partial charge in [0.05, 0.1) is 18.8 Å². The van der Waals surface area contributed by atoms with Crippen molar-refractivity contribution in [3.8, 4) is 5.75 Å². The predicted octanol–water partition coefficient (Wildman–Crippen LogP) is 1.77. The molecule has 0 saturated carbocycles. The molecule has 2 rings (SSSR count). The highest BCUT2D eigenvalue weighted by atomic mass is 16.5. The number of carbonyl (C=O) groups excluding carboxylic acids is 1. The standard InChI is InChI=1S/C15H23N3O2/c1-3-4-7-17-15(19)10-18-9-11(2)20-14-6-5-12(16)8-13(14)18/h5-6,8,11H,3-4,7,9-10,16H2,1-2H3,(H,17,19). The van der Waals surface area contributed by atoms with Crippen LogP contribution in [-0.2, 0) is 4.79 Å². The predicted molar refractivity (Wildman–Crippen MR) is 81.1 cm³/mol. The fraction of sp³-hybridized carbons (Fsp3) is 0.533. The maximum Gasteiger partial charge on any atom is 0.239 e. The van der Waals surface area contributed by atoms with Crippen molar-refractivity contribution in [2.45, 2.75) is 32.8 Å². The van der Waals surface area contributed by atoms with Crippen LogP contribution in [0.1, 0.15) is 26.7 Å². The van der Waals surface area contributed by atoms with E-state index in [0.717, 1.165) is 30.8 Å². The smallest absolute Gasteiger partial charge is 0.239 e. The SMILES string of the molecule is CCCCNC(=O)CN1CC(C)Oc2ccc(N)cc21. The van der Waals surface area contributed by atoms with Gasteiger partial charge in [0.1, 0.15) is 11.9 Å². The number of hydrogen-bond acceptors (Lipinski definition) is 4. The molecule has 0 spiro atoms. The topological polar surface area (TPSA) is 67.6 Å². The molecule has 3 N–H and O–H groups in total. The lowest BCUT2D eigenvalue weighted by molar-refractivity contribution is -0.119. The summed E-state index contributed by atoms with van der Waals surface area (Å²) in [6, 6.07) is 5.54. The number of rotatable bonds is 5. The number of benzene rings is 1. The minimum Gasteiger partial charge on any atom is -0.487 e. The van der Waals surface area contributed by atoms with Crippen molar-refractivity contribution in [3.05, 3.63) is 18.2 Å². The third-order valence-electron chi connectivity index (χ3n) is 3.32. The van der Waals surface area contributed by atoms with E-state index in [2.05, 4.69) is 12.2 Å². The zero-order valence-electron chi connectivity index (χ0n) is 12.2. The van der Waals surface area contributed by atoms with Gasteiger partial charge in [0.15, 0.2) is 0 Å². The number of hydrogen-bond donors (Lipinski definition) is 2. The molecule has 0 aliphatic carbocycles. The van der Waals surface area contributed by atoms with Gasteiger partial charge in [-0.05, 0) is 31.5 Å². The van der Waals surface area contributed by atoms with Crippen molar-refractivity contribution < 1.29 is 9.53 Å². The Morgan fingerprint density at radius 2 is 2.35 bits per heavy atom. The minimum atomic E-state index is 0.0425. The minimum absolute atomic E-state index is 0.0425. The van der Waals surface area contributed by atoms with Crippen LogP contribution in [0.4, 0.5) is 11.4 Å². The highest BCUT2D eigenvalue weighted by Gasteiger charge is 2.24. The summed E-state index contributed by atoms with van der Waals surface area (Å²) < 4.78 is 5.77. The molecule has 1 unspecified atom stereocenters. The molecule has 1 heterocycles. The molecule has 1 aliphatic heterocycles. The molecule has 5 nitrogen and oxygen atoms in total. The molecule has 0 radical (unpaired) electrons. The number of fused-ring (bicyclic) bond motifs is 1. The normalized spacial score (nSPS) is 17.3. The summed E-state index contributed by atoms with van der Waals surface area (Å²) in [5.41, 5.74) is 7.40. The Kier molecular flexibility index (Phi) is 4.71. The second-order valence-corrected chi connectivity index (χ2v) is 5.24. The van der Waals surface area contributed by atoms with E-state index in [0.29, 0.717) is 18.8 Å². The largest absolute Gasteiger partial charge is 0.487 e. The number of ether oxygens (including phenoxy) is 1. The quantitative estimate of drug-likeness (QED) is 0.636. The molecule has 110 valence electrons. The fourth-order valence-electron chi connectivity index (χ4n) is 2.33. The third kappa shape index (κ3) is 3.56. The van der Waals surface area contributed by atoms with Gasteiger partial charge in [-0.1, -0.05) is 13.3 Å². The van der Waals surface area contributed by atoms with Crippen LogP contribution in [0.25, 0.3) is 0 Å². The molecule has 5 heteroatoms. The van der Waals surface area contributed by atoms with Crippen LogP contribution >= 0.6 is 0 Å². The second kappa shape index (κ2) is 6.50. The van der Waals surface area contributed by atoms with Gasteiger partial charge in [0, 0.05) is 12.2 Å². The fourth-order valence-corrected chi connectivity index (χ4v) is 2.33. The van der Waals surface area contributed by atoms with Gasteiger partial charge in [-0.15, -0.1) is 0 Å². The molecule has 1 aromatic rings. The first-order chi connectivity index (χ1) is 9.60. The first-order valence-electron chi connectivity index (χ1n) is 7.18. The van der Waals surface area contributed by atoms with Crippen LogP contribution in [0.15, 0.2) is 18.2 Å². The van der Waals surface area contributed by atoms with E-state index in [1.807, 2.05) is 30.0 Å². The van der Waals surface area contributed by atoms with Gasteiger partial charge in [0.25, 0.3) is 0 Å². The number of nitrogens with one attached hydrogen (secondary N) is 1. The van der Waals surface area contributed by atoms with Gasteiger partial charge < -0.3 is 20.7 Å². The number of amides is 1. The van der Waals surface area contributed by atoms with Crippen LogP contribution in [-0.4, -0.2) is 31.6 Å². The van der Waals surface area contributed by atoms with Gasteiger partial charge in [-0.2, -0.15) is 0 Å². The molecular weight excluding hydrogens is 254 g/mol. The number of anilines is 2. The summed E-state index contributed by atoms with van der Waals surface area (Å²) in [5, 5.41) is 2.94. The van der Waals surface area contributed by atoms with Crippen molar-refractivity contribution in [1.29, 1.82) is 0 Å². The van der Waals surface area contributed by atoms with Gasteiger partial charge in [-0.25, -0.2) is 0 Å².